The van der Waals surface area contributed by atoms with E-state index in [-0.39, 0.29) is 24.8 Å². The summed E-state index contributed by atoms with van der Waals surface area (Å²) < 4.78 is 1.29. The van der Waals surface area contributed by atoms with Crippen LogP contribution in [0.25, 0.3) is 34.4 Å². The van der Waals surface area contributed by atoms with Crippen LogP contribution in [0.15, 0.2) is 83.9 Å². The number of hydrogen-bond donors (Lipinski definition) is 0. The summed E-state index contributed by atoms with van der Waals surface area (Å²) in [6.07, 6.45) is 5.13. The Morgan fingerprint density at radius 3 is 1.17 bits per heavy atom. The zero-order valence-electron chi connectivity index (χ0n) is 26.0. The van der Waals surface area contributed by atoms with Crippen LogP contribution in [0.3, 0.4) is 0 Å². The Kier molecular flexibility index (Phi) is 10.2. The van der Waals surface area contributed by atoms with Crippen LogP contribution in [-0.4, -0.2) is 5.43 Å². The van der Waals surface area contributed by atoms with Gasteiger partial charge in [0.15, 0.2) is 0 Å². The average Bonchev–Trinajstić information content (AvgIpc) is 3.41. The molecule has 0 heterocycles. The molecule has 4 aromatic carbocycles. The van der Waals surface area contributed by atoms with Gasteiger partial charge in [-0.2, -0.15) is 0 Å². The van der Waals surface area contributed by atoms with E-state index in [1.807, 2.05) is 0 Å². The molecule has 0 saturated heterocycles. The van der Waals surface area contributed by atoms with Crippen molar-refractivity contribution in [3.63, 3.8) is 0 Å². The molecule has 0 radical (unpaired) electrons. The van der Waals surface area contributed by atoms with Crippen LogP contribution in [0.1, 0.15) is 65.6 Å². The number of allylic oxidation sites excluding steroid dienone is 2. The van der Waals surface area contributed by atoms with Crippen molar-refractivity contribution in [3.05, 3.63) is 128 Å². The van der Waals surface area contributed by atoms with Crippen molar-refractivity contribution in [1.82, 2.24) is 0 Å². The van der Waals surface area contributed by atoms with Gasteiger partial charge in [-0.05, 0) is 0 Å². The van der Waals surface area contributed by atoms with E-state index in [0.29, 0.717) is 7.25 Å². The van der Waals surface area contributed by atoms with E-state index >= 15 is 0 Å². The van der Waals surface area contributed by atoms with Gasteiger partial charge in [-0.1, -0.05) is 0 Å². The Labute approximate surface area is 273 Å². The third-order valence-electron chi connectivity index (χ3n) is 9.26. The number of rotatable bonds is 4. The Hall–Kier alpha value is -1.96. The minimum absolute atomic E-state index is 0. The van der Waals surface area contributed by atoms with Gasteiger partial charge >= 0.3 is 251 Å². The van der Waals surface area contributed by atoms with E-state index in [1.54, 1.807) is 22.3 Å². The minimum atomic E-state index is -2.11. The van der Waals surface area contributed by atoms with Gasteiger partial charge in [0.1, 0.15) is 0 Å². The van der Waals surface area contributed by atoms with Crippen molar-refractivity contribution in [1.29, 1.82) is 0 Å². The van der Waals surface area contributed by atoms with E-state index < -0.39 is 25.8 Å². The molecule has 0 amide bonds. The quantitative estimate of drug-likeness (QED) is 0.272. The maximum Gasteiger partial charge on any atom is -1.00 e. The van der Waals surface area contributed by atoms with Gasteiger partial charge in [-0.25, -0.2) is 0 Å². The summed E-state index contributed by atoms with van der Waals surface area (Å²) in [6.45, 7) is 19.2. The first-order valence-corrected chi connectivity index (χ1v) is 23.6. The zero-order chi connectivity index (χ0) is 28.3. The monoisotopic (exact) mass is 684 g/mol. The standard InChI is InChI=1S/2C18H17.C2H6Si.2ClH.Zr/c2*1-12-10-15-8-5-9-16(17(15)11-12)18-13(2)6-4-7-14(18)3;1-3-2;;;/h2*4-11H,1-3H3;1-2H3;2*1H;/q;;;;;+2/p-2. The van der Waals surface area contributed by atoms with Gasteiger partial charge in [0.2, 0.25) is 0 Å². The molecule has 42 heavy (non-hydrogen) atoms. The first-order chi connectivity index (χ1) is 19.2. The number of fused-ring (bicyclic) bond motifs is 2. The van der Waals surface area contributed by atoms with Crippen molar-refractivity contribution in [3.8, 4) is 22.3 Å². The van der Waals surface area contributed by atoms with Gasteiger partial charge in [0.25, 0.3) is 0 Å². The predicted molar refractivity (Wildman–Crippen MR) is 173 cm³/mol. The van der Waals surface area contributed by atoms with Crippen LogP contribution in [-0.2, 0) is 20.4 Å². The first-order valence-electron chi connectivity index (χ1n) is 14.6. The molecule has 2 aliphatic carbocycles. The van der Waals surface area contributed by atoms with Crippen LogP contribution in [0.5, 0.6) is 0 Å². The summed E-state index contributed by atoms with van der Waals surface area (Å²) in [6, 6.07) is 27.8. The van der Waals surface area contributed by atoms with Gasteiger partial charge in [0.05, 0.1) is 0 Å². The second-order valence-electron chi connectivity index (χ2n) is 12.2. The van der Waals surface area contributed by atoms with Crippen molar-refractivity contribution < 1.29 is 45.2 Å². The number of benzene rings is 4. The minimum Gasteiger partial charge on any atom is -1.00 e. The van der Waals surface area contributed by atoms with Crippen LogP contribution >= 0.6 is 0 Å². The van der Waals surface area contributed by atoms with Crippen molar-refractivity contribution in [2.75, 3.05) is 0 Å². The van der Waals surface area contributed by atoms with Crippen LogP contribution in [0, 0.1) is 27.7 Å². The van der Waals surface area contributed by atoms with Gasteiger partial charge in [0, 0.05) is 0 Å². The molecule has 0 aromatic heterocycles. The fourth-order valence-corrected chi connectivity index (χ4v) is 28.3. The molecule has 0 saturated carbocycles. The molecular formula is C38H40Cl2SiZr. The zero-order valence-corrected chi connectivity index (χ0v) is 31.0. The number of aryl methyl sites for hydroxylation is 4. The maximum atomic E-state index is 2.63. The molecule has 6 rings (SSSR count). The summed E-state index contributed by atoms with van der Waals surface area (Å²) in [5, 5.41) is 0. The van der Waals surface area contributed by atoms with Crippen molar-refractivity contribution in [2.24, 2.45) is 0 Å². The SMILES string of the molecule is CC1=Cc2c(-c3c(C)cccc3C)cccc2[CH]1[Zr+2]([CH]1C(C)=Cc2c(-c3c(C)cccc3C)cccc21)=[Si](C)C.[Cl-].[Cl-]. The Morgan fingerprint density at radius 2 is 0.833 bits per heavy atom. The number of halogens is 2. The van der Waals surface area contributed by atoms with Crippen LogP contribution < -0.4 is 24.8 Å². The summed E-state index contributed by atoms with van der Waals surface area (Å²) >= 11 is -2.11. The third kappa shape index (κ3) is 5.43. The fraction of sp³-hybridized carbons (Fsp3) is 0.263. The Balaban J connectivity index is 0.00000202. The molecule has 0 spiro atoms. The maximum absolute atomic E-state index is 2.63. The Morgan fingerprint density at radius 1 is 0.500 bits per heavy atom. The average molecular weight is 687 g/mol. The molecule has 2 unspecified atom stereocenters. The van der Waals surface area contributed by atoms with Crippen LogP contribution in [0.4, 0.5) is 0 Å². The van der Waals surface area contributed by atoms with Gasteiger partial charge in [-0.3, -0.25) is 0 Å². The molecule has 2 aliphatic rings. The molecule has 4 aromatic rings. The molecule has 0 nitrogen and oxygen atoms in total. The normalized spacial score (nSPS) is 16.3. The molecular weight excluding hydrogens is 647 g/mol. The van der Waals surface area contributed by atoms with E-state index in [0.717, 1.165) is 0 Å². The van der Waals surface area contributed by atoms with E-state index in [9.17, 15) is 0 Å². The number of hydrogen-bond acceptors (Lipinski definition) is 0. The molecule has 0 fully saturated rings. The van der Waals surface area contributed by atoms with E-state index in [2.05, 4.69) is 140 Å². The third-order valence-corrected chi connectivity index (χ3v) is 29.2. The first kappa shape index (κ1) is 32.9. The van der Waals surface area contributed by atoms with Gasteiger partial charge in [-0.15, -0.1) is 0 Å². The topological polar surface area (TPSA) is 0 Å². The second kappa shape index (κ2) is 13.0. The Bertz CT molecular complexity index is 1620. The molecule has 0 N–H and O–H groups in total. The smallest absolute Gasteiger partial charge is 1.00 e. The summed E-state index contributed by atoms with van der Waals surface area (Å²) in [5.41, 5.74) is 20.2. The van der Waals surface area contributed by atoms with Crippen molar-refractivity contribution in [2.45, 2.75) is 61.9 Å². The van der Waals surface area contributed by atoms with Crippen molar-refractivity contribution >= 4 is 17.6 Å². The van der Waals surface area contributed by atoms with E-state index in [1.165, 1.54) is 55.6 Å². The fourth-order valence-electron chi connectivity index (χ4n) is 7.59. The molecule has 0 aliphatic heterocycles. The van der Waals surface area contributed by atoms with Crippen LogP contribution in [0.2, 0.25) is 13.1 Å². The largest absolute Gasteiger partial charge is 1.00 e. The molecule has 214 valence electrons. The van der Waals surface area contributed by atoms with E-state index in [4.69, 9.17) is 0 Å². The summed E-state index contributed by atoms with van der Waals surface area (Å²) in [4.78, 5) is 0. The summed E-state index contributed by atoms with van der Waals surface area (Å²) in [7, 11) is 0. The molecule has 2 atom stereocenters. The molecule has 0 bridgehead atoms. The summed E-state index contributed by atoms with van der Waals surface area (Å²) in [5.74, 6) is 0. The predicted octanol–water partition coefficient (Wildman–Crippen LogP) is 4.75. The molecule has 4 heteroatoms. The second-order valence-corrected chi connectivity index (χ2v) is 30.1. The van der Waals surface area contributed by atoms with Gasteiger partial charge < -0.3 is 24.8 Å².